The van der Waals surface area contributed by atoms with Crippen LogP contribution < -0.4 is 0 Å². The topological polar surface area (TPSA) is 25.8 Å². The fourth-order valence-corrected chi connectivity index (χ4v) is 9.99. The van der Waals surface area contributed by atoms with Crippen molar-refractivity contribution in [3.8, 4) is 44.5 Å². The van der Waals surface area contributed by atoms with Gasteiger partial charge in [0.25, 0.3) is 0 Å². The normalized spacial score (nSPS) is 13.3. The van der Waals surface area contributed by atoms with Crippen LogP contribution in [-0.2, 0) is 5.41 Å². The van der Waals surface area contributed by atoms with E-state index in [1.165, 1.54) is 86.6 Å². The maximum Gasteiger partial charge on any atom is 0.0971 e. The monoisotopic (exact) mass is 680 g/mol. The van der Waals surface area contributed by atoms with Crippen LogP contribution in [-0.4, -0.2) is 9.97 Å². The molecule has 3 heteroatoms. The van der Waals surface area contributed by atoms with Gasteiger partial charge in [-0.3, -0.25) is 9.97 Å². The van der Waals surface area contributed by atoms with Gasteiger partial charge in [0.1, 0.15) is 0 Å². The molecule has 1 aliphatic rings. The van der Waals surface area contributed by atoms with Crippen molar-refractivity contribution in [2.45, 2.75) is 19.3 Å². The van der Waals surface area contributed by atoms with Gasteiger partial charge in [-0.15, -0.1) is 11.3 Å². The lowest BCUT2D eigenvalue weighted by Crippen LogP contribution is -2.15. The average Bonchev–Trinajstić information content (AvgIpc) is 3.69. The Morgan fingerprint density at radius 3 is 1.73 bits per heavy atom. The van der Waals surface area contributed by atoms with E-state index >= 15 is 0 Å². The molecule has 0 spiro atoms. The maximum absolute atomic E-state index is 4.75. The second kappa shape index (κ2) is 10.9. The summed E-state index contributed by atoms with van der Waals surface area (Å²) >= 11 is 1.90. The molecule has 1 aliphatic carbocycles. The van der Waals surface area contributed by atoms with E-state index in [4.69, 9.17) is 9.97 Å². The number of nitrogens with zero attached hydrogens (tertiary/aromatic N) is 2. The summed E-state index contributed by atoms with van der Waals surface area (Å²) in [5.41, 5.74) is 14.7. The Morgan fingerprint density at radius 2 is 0.962 bits per heavy atom. The highest BCUT2D eigenvalue weighted by Crippen LogP contribution is 2.51. The van der Waals surface area contributed by atoms with Crippen LogP contribution in [0.1, 0.15) is 25.0 Å². The summed E-state index contributed by atoms with van der Waals surface area (Å²) in [6.07, 6.45) is 3.57. The van der Waals surface area contributed by atoms with E-state index in [0.717, 1.165) is 21.8 Å². The van der Waals surface area contributed by atoms with E-state index in [2.05, 4.69) is 159 Å². The van der Waals surface area contributed by atoms with Crippen LogP contribution in [0.5, 0.6) is 0 Å². The number of aromatic nitrogens is 2. The van der Waals surface area contributed by atoms with Gasteiger partial charge >= 0.3 is 0 Å². The van der Waals surface area contributed by atoms with Gasteiger partial charge in [0.15, 0.2) is 0 Å². The second-order valence-electron chi connectivity index (χ2n) is 14.6. The highest BCUT2D eigenvalue weighted by atomic mass is 32.1. The van der Waals surface area contributed by atoms with Crippen molar-refractivity contribution in [3.05, 3.63) is 169 Å². The maximum atomic E-state index is 4.75. The van der Waals surface area contributed by atoms with Gasteiger partial charge in [0.2, 0.25) is 0 Å². The van der Waals surface area contributed by atoms with Crippen LogP contribution >= 0.6 is 11.3 Å². The molecule has 0 N–H and O–H groups in total. The van der Waals surface area contributed by atoms with Crippen LogP contribution in [0.15, 0.2) is 158 Å². The first-order valence-corrected chi connectivity index (χ1v) is 18.7. The van der Waals surface area contributed by atoms with E-state index < -0.39 is 0 Å². The molecular formula is C49H32N2S. The molecule has 0 saturated heterocycles. The Balaban J connectivity index is 0.986. The summed E-state index contributed by atoms with van der Waals surface area (Å²) in [4.78, 5) is 9.46. The Morgan fingerprint density at radius 1 is 0.404 bits per heavy atom. The first kappa shape index (κ1) is 29.6. The lowest BCUT2D eigenvalue weighted by molar-refractivity contribution is 0.661. The number of benzene rings is 8. The number of rotatable bonds is 3. The van der Waals surface area contributed by atoms with Crippen molar-refractivity contribution in [3.63, 3.8) is 0 Å². The van der Waals surface area contributed by atoms with Crippen molar-refractivity contribution in [2.24, 2.45) is 0 Å². The molecule has 10 aromatic rings. The molecule has 0 radical (unpaired) electrons. The van der Waals surface area contributed by atoms with Crippen LogP contribution in [0.25, 0.3) is 97.3 Å². The second-order valence-corrected chi connectivity index (χ2v) is 15.6. The van der Waals surface area contributed by atoms with Gasteiger partial charge in [0, 0.05) is 48.8 Å². The molecule has 0 amide bonds. The fourth-order valence-electron chi connectivity index (χ4n) is 8.75. The molecule has 2 aromatic heterocycles. The highest BCUT2D eigenvalue weighted by molar-refractivity contribution is 7.26. The molecule has 0 aliphatic heterocycles. The van der Waals surface area contributed by atoms with E-state index in [-0.39, 0.29) is 5.41 Å². The third-order valence-electron chi connectivity index (χ3n) is 11.4. The summed E-state index contributed by atoms with van der Waals surface area (Å²) in [7, 11) is 0. The van der Waals surface area contributed by atoms with Gasteiger partial charge in [-0.1, -0.05) is 129 Å². The van der Waals surface area contributed by atoms with Crippen molar-refractivity contribution >= 4 is 64.1 Å². The van der Waals surface area contributed by atoms with Crippen molar-refractivity contribution in [1.82, 2.24) is 9.97 Å². The lowest BCUT2D eigenvalue weighted by atomic mass is 9.80. The van der Waals surface area contributed by atoms with E-state index in [9.17, 15) is 0 Å². The largest absolute Gasteiger partial charge is 0.252 e. The Hall–Kier alpha value is -6.16. The van der Waals surface area contributed by atoms with Crippen LogP contribution in [0.2, 0.25) is 0 Å². The Kier molecular flexibility index (Phi) is 6.21. The molecule has 8 aromatic carbocycles. The third-order valence-corrected chi connectivity index (χ3v) is 12.6. The number of thiophene rings is 1. The van der Waals surface area contributed by atoms with Crippen molar-refractivity contribution in [2.75, 3.05) is 0 Å². The Labute approximate surface area is 305 Å². The van der Waals surface area contributed by atoms with Crippen molar-refractivity contribution < 1.29 is 0 Å². The summed E-state index contributed by atoms with van der Waals surface area (Å²) in [5.74, 6) is 0. The first-order valence-electron chi connectivity index (χ1n) is 17.9. The third kappa shape index (κ3) is 4.23. The van der Waals surface area contributed by atoms with Gasteiger partial charge < -0.3 is 0 Å². The predicted molar refractivity (Wildman–Crippen MR) is 221 cm³/mol. The van der Waals surface area contributed by atoms with Gasteiger partial charge in [0.05, 0.1) is 11.0 Å². The van der Waals surface area contributed by atoms with Gasteiger partial charge in [-0.25, -0.2) is 0 Å². The van der Waals surface area contributed by atoms with E-state index in [1.54, 1.807) is 12.4 Å². The van der Waals surface area contributed by atoms with Gasteiger partial charge in [-0.05, 0) is 96.7 Å². The SMILES string of the molecule is CC1(C)c2cc(-c3cccc(-c4ccc5c(c4)c4ccccc4c4nccnc54)c3)ccc2-c2ccc(-c3cccc4c3sc3ccccc34)cc21. The minimum Gasteiger partial charge on any atom is -0.252 e. The number of fused-ring (bicyclic) bond motifs is 12. The molecule has 244 valence electrons. The van der Waals surface area contributed by atoms with Crippen LogP contribution in [0.3, 0.4) is 0 Å². The quantitative estimate of drug-likeness (QED) is 0.174. The lowest BCUT2D eigenvalue weighted by Gasteiger charge is -2.23. The molecular weight excluding hydrogens is 649 g/mol. The van der Waals surface area contributed by atoms with Crippen LogP contribution in [0, 0.1) is 0 Å². The predicted octanol–water partition coefficient (Wildman–Crippen LogP) is 13.6. The van der Waals surface area contributed by atoms with E-state index in [1.807, 2.05) is 11.3 Å². The molecule has 2 nitrogen and oxygen atoms in total. The molecule has 0 unspecified atom stereocenters. The number of hydrogen-bond acceptors (Lipinski definition) is 3. The molecule has 0 saturated carbocycles. The standard InChI is InChI=1S/C49H32N2S/c1-49(2)43-27-32(17-20-36(43)37-21-19-33(28-44(37)49)34-14-8-15-41-38-12-5-6-16-45(38)52-48(34)41)30-10-7-9-29(25-30)31-18-22-40-42(26-31)35-11-3-4-13-39(35)46-47(40)51-24-23-50-46/h3-28H,1-2H3. The molecule has 0 fully saturated rings. The minimum atomic E-state index is -0.132. The number of hydrogen-bond donors (Lipinski definition) is 0. The minimum absolute atomic E-state index is 0.132. The zero-order chi connectivity index (χ0) is 34.6. The zero-order valence-electron chi connectivity index (χ0n) is 28.8. The zero-order valence-corrected chi connectivity index (χ0v) is 29.6. The highest BCUT2D eigenvalue weighted by Gasteiger charge is 2.36. The fraction of sp³-hybridized carbons (Fsp3) is 0.0612. The smallest absolute Gasteiger partial charge is 0.0971 e. The Bertz CT molecular complexity index is 3080. The summed E-state index contributed by atoms with van der Waals surface area (Å²) in [6, 6.07) is 54.0. The summed E-state index contributed by atoms with van der Waals surface area (Å²) in [5, 5.41) is 7.35. The van der Waals surface area contributed by atoms with Gasteiger partial charge in [-0.2, -0.15) is 0 Å². The molecule has 0 bridgehead atoms. The summed E-state index contributed by atoms with van der Waals surface area (Å²) in [6.45, 7) is 4.77. The average molecular weight is 681 g/mol. The molecule has 2 heterocycles. The summed E-state index contributed by atoms with van der Waals surface area (Å²) < 4.78 is 2.70. The molecule has 11 rings (SSSR count). The molecule has 52 heavy (non-hydrogen) atoms. The van der Waals surface area contributed by atoms with E-state index in [0.29, 0.717) is 0 Å². The molecule has 0 atom stereocenters. The van der Waals surface area contributed by atoms with Crippen molar-refractivity contribution in [1.29, 1.82) is 0 Å². The van der Waals surface area contributed by atoms with Crippen LogP contribution in [0.4, 0.5) is 0 Å². The first-order chi connectivity index (χ1) is 25.5.